The first-order chi connectivity index (χ1) is 8.09. The molecule has 0 amide bonds. The maximum atomic E-state index is 13.3. The number of halogens is 3. The molecule has 2 aromatic rings. The van der Waals surface area contributed by atoms with Crippen molar-refractivity contribution < 1.29 is 9.50 Å². The third-order valence-electron chi connectivity index (χ3n) is 2.46. The van der Waals surface area contributed by atoms with Crippen LogP contribution in [-0.2, 0) is 0 Å². The molecule has 88 valence electrons. The van der Waals surface area contributed by atoms with E-state index in [2.05, 4.69) is 0 Å². The van der Waals surface area contributed by atoms with Crippen LogP contribution in [0.25, 0.3) is 0 Å². The maximum absolute atomic E-state index is 13.3. The number of benzene rings is 2. The first-order valence-electron chi connectivity index (χ1n) is 4.97. The number of aliphatic hydroxyl groups is 1. The molecule has 1 nitrogen and oxygen atoms in total. The molecule has 0 spiro atoms. The van der Waals surface area contributed by atoms with Crippen molar-refractivity contribution in [3.8, 4) is 0 Å². The first-order valence-corrected chi connectivity index (χ1v) is 5.72. The van der Waals surface area contributed by atoms with E-state index in [4.69, 9.17) is 23.2 Å². The molecule has 0 heterocycles. The van der Waals surface area contributed by atoms with Gasteiger partial charge in [-0.3, -0.25) is 0 Å². The molecule has 0 saturated carbocycles. The molecule has 1 atom stereocenters. The highest BCUT2D eigenvalue weighted by Crippen LogP contribution is 2.30. The summed E-state index contributed by atoms with van der Waals surface area (Å²) in [6.45, 7) is 0. The Labute approximate surface area is 108 Å². The predicted molar refractivity (Wildman–Crippen MR) is 66.9 cm³/mol. The molecule has 4 heteroatoms. The van der Waals surface area contributed by atoms with Crippen LogP contribution in [0.3, 0.4) is 0 Å². The summed E-state index contributed by atoms with van der Waals surface area (Å²) in [5, 5.41) is 10.6. The fraction of sp³-hybridized carbons (Fsp3) is 0.0769. The maximum Gasteiger partial charge on any atom is 0.142 e. The number of rotatable bonds is 2. The SMILES string of the molecule is OC(c1ccc(Cl)cc1)c1cccc(F)c1Cl. The highest BCUT2D eigenvalue weighted by molar-refractivity contribution is 6.31. The highest BCUT2D eigenvalue weighted by atomic mass is 35.5. The summed E-state index contributed by atoms with van der Waals surface area (Å²) in [6.07, 6.45) is -0.963. The summed E-state index contributed by atoms with van der Waals surface area (Å²) < 4.78 is 13.3. The topological polar surface area (TPSA) is 20.2 Å². The van der Waals surface area contributed by atoms with E-state index in [-0.39, 0.29) is 5.02 Å². The lowest BCUT2D eigenvalue weighted by Gasteiger charge is -2.13. The first kappa shape index (κ1) is 12.4. The second-order valence-electron chi connectivity index (χ2n) is 3.60. The fourth-order valence-corrected chi connectivity index (χ4v) is 1.91. The van der Waals surface area contributed by atoms with Crippen LogP contribution in [-0.4, -0.2) is 5.11 Å². The zero-order chi connectivity index (χ0) is 12.4. The van der Waals surface area contributed by atoms with E-state index in [0.29, 0.717) is 16.1 Å². The molecule has 1 N–H and O–H groups in total. The van der Waals surface area contributed by atoms with E-state index < -0.39 is 11.9 Å². The molecule has 1 unspecified atom stereocenters. The lowest BCUT2D eigenvalue weighted by molar-refractivity contribution is 0.220. The fourth-order valence-electron chi connectivity index (χ4n) is 1.56. The van der Waals surface area contributed by atoms with Crippen molar-refractivity contribution >= 4 is 23.2 Å². The summed E-state index contributed by atoms with van der Waals surface area (Å²) in [7, 11) is 0. The van der Waals surface area contributed by atoms with Gasteiger partial charge in [-0.15, -0.1) is 0 Å². The van der Waals surface area contributed by atoms with Crippen LogP contribution in [0.15, 0.2) is 42.5 Å². The summed E-state index contributed by atoms with van der Waals surface area (Å²) in [5.41, 5.74) is 0.955. The van der Waals surface area contributed by atoms with Gasteiger partial charge in [0, 0.05) is 10.6 Å². The van der Waals surface area contributed by atoms with Gasteiger partial charge in [0.1, 0.15) is 11.9 Å². The molecule has 2 aromatic carbocycles. The summed E-state index contributed by atoms with van der Waals surface area (Å²) in [4.78, 5) is 0. The molecule has 0 saturated heterocycles. The quantitative estimate of drug-likeness (QED) is 0.867. The van der Waals surface area contributed by atoms with Crippen molar-refractivity contribution in [2.24, 2.45) is 0 Å². The lowest BCUT2D eigenvalue weighted by Crippen LogP contribution is -2.01. The van der Waals surface area contributed by atoms with Crippen LogP contribution in [0.4, 0.5) is 4.39 Å². The number of hydrogen-bond donors (Lipinski definition) is 1. The monoisotopic (exact) mass is 270 g/mol. The van der Waals surface area contributed by atoms with Crippen LogP contribution >= 0.6 is 23.2 Å². The standard InChI is InChI=1S/C13H9Cl2FO/c14-9-6-4-8(5-7-9)13(17)10-2-1-3-11(16)12(10)15/h1-7,13,17H. The van der Waals surface area contributed by atoms with Gasteiger partial charge in [-0.1, -0.05) is 47.5 Å². The van der Waals surface area contributed by atoms with Gasteiger partial charge in [-0.2, -0.15) is 0 Å². The van der Waals surface area contributed by atoms with Gasteiger partial charge < -0.3 is 5.11 Å². The van der Waals surface area contributed by atoms with Gasteiger partial charge in [-0.05, 0) is 23.8 Å². The second-order valence-corrected chi connectivity index (χ2v) is 4.41. The molecule has 0 radical (unpaired) electrons. The molecule has 0 aliphatic heterocycles. The molecule has 0 aliphatic rings. The molecule has 0 fully saturated rings. The van der Waals surface area contributed by atoms with E-state index in [0.717, 1.165) is 0 Å². The zero-order valence-corrected chi connectivity index (χ0v) is 10.2. The normalized spacial score (nSPS) is 12.5. The van der Waals surface area contributed by atoms with E-state index in [1.807, 2.05) is 0 Å². The van der Waals surface area contributed by atoms with Gasteiger partial charge in [0.25, 0.3) is 0 Å². The second kappa shape index (κ2) is 5.05. The minimum atomic E-state index is -0.963. The van der Waals surface area contributed by atoms with Crippen molar-refractivity contribution in [3.63, 3.8) is 0 Å². The largest absolute Gasteiger partial charge is 0.384 e. The molecule has 2 rings (SSSR count). The molecule has 0 bridgehead atoms. The van der Waals surface area contributed by atoms with E-state index in [1.165, 1.54) is 12.1 Å². The molecule has 17 heavy (non-hydrogen) atoms. The third-order valence-corrected chi connectivity index (χ3v) is 3.11. The van der Waals surface area contributed by atoms with Crippen LogP contribution < -0.4 is 0 Å². The zero-order valence-electron chi connectivity index (χ0n) is 8.70. The summed E-state index contributed by atoms with van der Waals surface area (Å²) >= 11 is 11.6. The minimum absolute atomic E-state index is 0.0602. The Bertz CT molecular complexity index is 525. The van der Waals surface area contributed by atoms with E-state index >= 15 is 0 Å². The van der Waals surface area contributed by atoms with Gasteiger partial charge in [-0.25, -0.2) is 4.39 Å². The Morgan fingerprint density at radius 1 is 1.00 bits per heavy atom. The van der Waals surface area contributed by atoms with Crippen molar-refractivity contribution in [2.45, 2.75) is 6.10 Å². The third kappa shape index (κ3) is 2.60. The minimum Gasteiger partial charge on any atom is -0.384 e. The Kier molecular flexibility index (Phi) is 3.67. The molecular formula is C13H9Cl2FO. The summed E-state index contributed by atoms with van der Waals surface area (Å²) in [6, 6.07) is 11.0. The van der Waals surface area contributed by atoms with E-state index in [1.54, 1.807) is 30.3 Å². The Hall–Kier alpha value is -1.09. The lowest BCUT2D eigenvalue weighted by atomic mass is 10.0. The predicted octanol–water partition coefficient (Wildman–Crippen LogP) is 4.21. The average molecular weight is 271 g/mol. The van der Waals surface area contributed by atoms with Crippen molar-refractivity contribution in [2.75, 3.05) is 0 Å². The number of hydrogen-bond acceptors (Lipinski definition) is 1. The Morgan fingerprint density at radius 3 is 2.29 bits per heavy atom. The van der Waals surface area contributed by atoms with Crippen LogP contribution in [0.1, 0.15) is 17.2 Å². The van der Waals surface area contributed by atoms with Crippen molar-refractivity contribution in [1.82, 2.24) is 0 Å². The van der Waals surface area contributed by atoms with Crippen LogP contribution in [0, 0.1) is 5.82 Å². The highest BCUT2D eigenvalue weighted by Gasteiger charge is 2.15. The molecule has 0 aromatic heterocycles. The Morgan fingerprint density at radius 2 is 1.65 bits per heavy atom. The average Bonchev–Trinajstić information content (AvgIpc) is 2.33. The molecule has 0 aliphatic carbocycles. The van der Waals surface area contributed by atoms with Crippen molar-refractivity contribution in [1.29, 1.82) is 0 Å². The van der Waals surface area contributed by atoms with Crippen LogP contribution in [0.5, 0.6) is 0 Å². The van der Waals surface area contributed by atoms with Gasteiger partial charge in [0.15, 0.2) is 0 Å². The molecular weight excluding hydrogens is 262 g/mol. The summed E-state index contributed by atoms with van der Waals surface area (Å²) in [5.74, 6) is -0.544. The smallest absolute Gasteiger partial charge is 0.142 e. The number of aliphatic hydroxyl groups excluding tert-OH is 1. The van der Waals surface area contributed by atoms with Gasteiger partial charge in [0.2, 0.25) is 0 Å². The van der Waals surface area contributed by atoms with E-state index in [9.17, 15) is 9.50 Å². The Balaban J connectivity index is 2.40. The van der Waals surface area contributed by atoms with Gasteiger partial charge >= 0.3 is 0 Å². The van der Waals surface area contributed by atoms with Crippen LogP contribution in [0.2, 0.25) is 10.0 Å². The van der Waals surface area contributed by atoms with Gasteiger partial charge in [0.05, 0.1) is 5.02 Å². The van der Waals surface area contributed by atoms with Crippen molar-refractivity contribution in [3.05, 3.63) is 69.5 Å².